The van der Waals surface area contributed by atoms with Crippen molar-refractivity contribution in [1.29, 1.82) is 0 Å². The Bertz CT molecular complexity index is 440. The molecule has 0 radical (unpaired) electrons. The Morgan fingerprint density at radius 1 is 1.10 bits per heavy atom. The number of nitrogens with zero attached hydrogens (tertiary/aromatic N) is 2. The number of hydrogen-bond donors (Lipinski definition) is 1. The van der Waals surface area contributed by atoms with Crippen LogP contribution in [0.2, 0.25) is 0 Å². The van der Waals surface area contributed by atoms with Crippen LogP contribution in [0.5, 0.6) is 0 Å². The fourth-order valence-corrected chi connectivity index (χ4v) is 3.12. The molecule has 0 fully saturated rings. The third kappa shape index (κ3) is 4.98. The fourth-order valence-electron chi connectivity index (χ4n) is 3.12. The van der Waals surface area contributed by atoms with Gasteiger partial charge in [0.1, 0.15) is 12.1 Å². The number of aryl methyl sites for hydroxylation is 1. The maximum Gasteiger partial charge on any atom is 0.132 e. The number of rotatable bonds is 7. The van der Waals surface area contributed by atoms with E-state index >= 15 is 0 Å². The van der Waals surface area contributed by atoms with E-state index in [2.05, 4.69) is 36.1 Å². The summed E-state index contributed by atoms with van der Waals surface area (Å²) >= 11 is 0. The van der Waals surface area contributed by atoms with E-state index in [-0.39, 0.29) is 0 Å². The second-order valence-corrected chi connectivity index (χ2v) is 7.18. The lowest BCUT2D eigenvalue weighted by Crippen LogP contribution is -2.24. The van der Waals surface area contributed by atoms with Crippen molar-refractivity contribution in [2.75, 3.05) is 11.9 Å². The van der Waals surface area contributed by atoms with E-state index in [9.17, 15) is 0 Å². The van der Waals surface area contributed by atoms with Crippen molar-refractivity contribution in [3.05, 3.63) is 17.6 Å². The Morgan fingerprint density at radius 3 is 2.71 bits per heavy atom. The standard InChI is InChI=1S/C18H31N3/c1-4-5-9-12-18(2,3)13-19-17-15-10-7-6-8-11-16(15)20-14-21-17/h14H,4-13H2,1-3H3,(H,19,20,21). The Labute approximate surface area is 130 Å². The lowest BCUT2D eigenvalue weighted by molar-refractivity contribution is 0.342. The molecule has 1 aromatic heterocycles. The van der Waals surface area contributed by atoms with Crippen LogP contribution in [0.4, 0.5) is 5.82 Å². The number of anilines is 1. The average molecular weight is 289 g/mol. The van der Waals surface area contributed by atoms with Crippen molar-refractivity contribution in [2.24, 2.45) is 5.41 Å². The number of unbranched alkanes of at least 4 members (excludes halogenated alkanes) is 2. The zero-order valence-electron chi connectivity index (χ0n) is 14.0. The monoisotopic (exact) mass is 289 g/mol. The molecule has 0 bridgehead atoms. The van der Waals surface area contributed by atoms with Crippen LogP contribution in [-0.4, -0.2) is 16.5 Å². The van der Waals surface area contributed by atoms with Gasteiger partial charge in [-0.15, -0.1) is 0 Å². The summed E-state index contributed by atoms with van der Waals surface area (Å²) in [6.07, 6.45) is 13.1. The Balaban J connectivity index is 1.96. The molecule has 118 valence electrons. The zero-order chi connectivity index (χ0) is 15.1. The van der Waals surface area contributed by atoms with Gasteiger partial charge in [0, 0.05) is 17.8 Å². The van der Waals surface area contributed by atoms with E-state index in [1.54, 1.807) is 6.33 Å². The molecule has 1 heterocycles. The zero-order valence-corrected chi connectivity index (χ0v) is 14.0. The van der Waals surface area contributed by atoms with E-state index in [0.29, 0.717) is 5.41 Å². The van der Waals surface area contributed by atoms with Crippen LogP contribution in [0.15, 0.2) is 6.33 Å². The molecule has 0 aliphatic heterocycles. The van der Waals surface area contributed by atoms with Crippen LogP contribution in [0.25, 0.3) is 0 Å². The molecule has 2 rings (SSSR count). The minimum Gasteiger partial charge on any atom is -0.369 e. The summed E-state index contributed by atoms with van der Waals surface area (Å²) in [5.41, 5.74) is 2.98. The predicted octanol–water partition coefficient (Wildman–Crippen LogP) is 4.76. The van der Waals surface area contributed by atoms with Gasteiger partial charge in [-0.1, -0.05) is 46.5 Å². The largest absolute Gasteiger partial charge is 0.369 e. The van der Waals surface area contributed by atoms with Crippen molar-refractivity contribution in [2.45, 2.75) is 78.6 Å². The lowest BCUT2D eigenvalue weighted by atomic mass is 9.87. The molecule has 0 saturated heterocycles. The van der Waals surface area contributed by atoms with Gasteiger partial charge in [-0.3, -0.25) is 0 Å². The van der Waals surface area contributed by atoms with Crippen molar-refractivity contribution in [1.82, 2.24) is 9.97 Å². The van der Waals surface area contributed by atoms with Gasteiger partial charge in [-0.25, -0.2) is 9.97 Å². The van der Waals surface area contributed by atoms with Gasteiger partial charge in [-0.2, -0.15) is 0 Å². The maximum atomic E-state index is 4.51. The first-order chi connectivity index (χ1) is 10.1. The molecule has 3 nitrogen and oxygen atoms in total. The van der Waals surface area contributed by atoms with Gasteiger partial charge in [-0.05, 0) is 37.5 Å². The first-order valence-corrected chi connectivity index (χ1v) is 8.69. The van der Waals surface area contributed by atoms with Crippen molar-refractivity contribution >= 4 is 5.82 Å². The Kier molecular flexibility index (Phi) is 6.01. The van der Waals surface area contributed by atoms with E-state index in [1.165, 1.54) is 56.2 Å². The molecule has 1 aliphatic carbocycles. The van der Waals surface area contributed by atoms with Crippen LogP contribution in [0.3, 0.4) is 0 Å². The van der Waals surface area contributed by atoms with E-state index in [1.807, 2.05) is 0 Å². The first kappa shape index (κ1) is 16.3. The van der Waals surface area contributed by atoms with Gasteiger partial charge in [0.2, 0.25) is 0 Å². The molecule has 1 N–H and O–H groups in total. The second kappa shape index (κ2) is 7.77. The summed E-state index contributed by atoms with van der Waals surface area (Å²) < 4.78 is 0. The van der Waals surface area contributed by atoms with Gasteiger partial charge < -0.3 is 5.32 Å². The molecular formula is C18H31N3. The Morgan fingerprint density at radius 2 is 1.90 bits per heavy atom. The normalized spacial score (nSPS) is 15.4. The highest BCUT2D eigenvalue weighted by Gasteiger charge is 2.19. The van der Waals surface area contributed by atoms with Gasteiger partial charge in [0.25, 0.3) is 0 Å². The van der Waals surface area contributed by atoms with E-state index in [4.69, 9.17) is 0 Å². The molecule has 0 amide bonds. The third-order valence-electron chi connectivity index (χ3n) is 4.57. The van der Waals surface area contributed by atoms with Crippen LogP contribution in [-0.2, 0) is 12.8 Å². The number of aromatic nitrogens is 2. The first-order valence-electron chi connectivity index (χ1n) is 8.69. The molecule has 3 heteroatoms. The number of hydrogen-bond acceptors (Lipinski definition) is 3. The van der Waals surface area contributed by atoms with Crippen molar-refractivity contribution < 1.29 is 0 Å². The molecule has 0 unspecified atom stereocenters. The number of nitrogens with one attached hydrogen (secondary N) is 1. The molecule has 1 aromatic rings. The van der Waals surface area contributed by atoms with Crippen LogP contribution < -0.4 is 5.32 Å². The maximum absolute atomic E-state index is 4.51. The molecule has 1 aliphatic rings. The van der Waals surface area contributed by atoms with Gasteiger partial charge in [0.05, 0.1) is 0 Å². The highest BCUT2D eigenvalue weighted by molar-refractivity contribution is 5.46. The highest BCUT2D eigenvalue weighted by atomic mass is 15.0. The molecule has 0 aromatic carbocycles. The highest BCUT2D eigenvalue weighted by Crippen LogP contribution is 2.27. The molecule has 0 atom stereocenters. The van der Waals surface area contributed by atoms with E-state index < -0.39 is 0 Å². The minimum absolute atomic E-state index is 0.331. The summed E-state index contributed by atoms with van der Waals surface area (Å²) in [5, 5.41) is 3.62. The second-order valence-electron chi connectivity index (χ2n) is 7.18. The minimum atomic E-state index is 0.331. The number of fused-ring (bicyclic) bond motifs is 1. The molecular weight excluding hydrogens is 258 g/mol. The summed E-state index contributed by atoms with van der Waals surface area (Å²) in [5.74, 6) is 1.09. The fraction of sp³-hybridized carbons (Fsp3) is 0.778. The van der Waals surface area contributed by atoms with Crippen molar-refractivity contribution in [3.63, 3.8) is 0 Å². The summed E-state index contributed by atoms with van der Waals surface area (Å²) in [7, 11) is 0. The topological polar surface area (TPSA) is 37.8 Å². The third-order valence-corrected chi connectivity index (χ3v) is 4.57. The van der Waals surface area contributed by atoms with Crippen molar-refractivity contribution in [3.8, 4) is 0 Å². The lowest BCUT2D eigenvalue weighted by Gasteiger charge is -2.26. The van der Waals surface area contributed by atoms with Crippen LogP contribution in [0, 0.1) is 5.41 Å². The summed E-state index contributed by atoms with van der Waals surface area (Å²) in [4.78, 5) is 9.00. The quantitative estimate of drug-likeness (QED) is 0.580. The molecule has 0 saturated carbocycles. The summed E-state index contributed by atoms with van der Waals surface area (Å²) in [6.45, 7) is 7.98. The SMILES string of the molecule is CCCCCC(C)(C)CNc1ncnc2c1CCCCC2. The molecule has 0 spiro atoms. The smallest absolute Gasteiger partial charge is 0.132 e. The summed E-state index contributed by atoms with van der Waals surface area (Å²) in [6, 6.07) is 0. The Hall–Kier alpha value is -1.12. The van der Waals surface area contributed by atoms with Crippen LogP contribution in [0.1, 0.15) is 77.0 Å². The predicted molar refractivity (Wildman–Crippen MR) is 89.7 cm³/mol. The van der Waals surface area contributed by atoms with Gasteiger partial charge >= 0.3 is 0 Å². The molecule has 21 heavy (non-hydrogen) atoms. The van der Waals surface area contributed by atoms with E-state index in [0.717, 1.165) is 25.2 Å². The average Bonchev–Trinajstić information content (AvgIpc) is 2.71. The van der Waals surface area contributed by atoms with Crippen LogP contribution >= 0.6 is 0 Å². The van der Waals surface area contributed by atoms with Gasteiger partial charge in [0.15, 0.2) is 0 Å².